The van der Waals surface area contributed by atoms with Gasteiger partial charge in [0, 0.05) is 68.7 Å². The van der Waals surface area contributed by atoms with Crippen molar-refractivity contribution in [3.63, 3.8) is 0 Å². The zero-order valence-corrected chi connectivity index (χ0v) is 18.0. The summed E-state index contributed by atoms with van der Waals surface area (Å²) in [5, 5.41) is 4.69. The monoisotopic (exact) mass is 441 g/mol. The third-order valence-electron chi connectivity index (χ3n) is 6.56. The molecule has 0 fully saturated rings. The van der Waals surface area contributed by atoms with Crippen molar-refractivity contribution in [3.05, 3.63) is 89.5 Å². The van der Waals surface area contributed by atoms with Gasteiger partial charge in [0.25, 0.3) is 0 Å². The van der Waals surface area contributed by atoms with Crippen molar-refractivity contribution in [2.45, 2.75) is 5.41 Å². The summed E-state index contributed by atoms with van der Waals surface area (Å²) in [5.74, 6) is 0.757. The molecule has 6 rings (SSSR count). The average molecular weight is 441 g/mol. The van der Waals surface area contributed by atoms with Crippen LogP contribution in [0.15, 0.2) is 67.0 Å². The van der Waals surface area contributed by atoms with Crippen LogP contribution in [0.1, 0.15) is 16.7 Å². The van der Waals surface area contributed by atoms with Gasteiger partial charge in [-0.05, 0) is 42.5 Å². The summed E-state index contributed by atoms with van der Waals surface area (Å²) < 4.78 is 25.3. The first kappa shape index (κ1) is 19.4. The molecule has 1 aliphatic heterocycles. The number of aromatic amines is 2. The second-order valence-electron chi connectivity index (χ2n) is 8.12. The molecule has 33 heavy (non-hydrogen) atoms. The lowest BCUT2D eigenvalue weighted by Gasteiger charge is -2.28. The zero-order chi connectivity index (χ0) is 22.7. The first-order valence-electron chi connectivity index (χ1n) is 10.5. The van der Waals surface area contributed by atoms with Crippen molar-refractivity contribution >= 4 is 33.4 Å². The molecular formula is C26H20FN3O3. The summed E-state index contributed by atoms with van der Waals surface area (Å²) in [5.41, 5.74) is 3.01. The van der Waals surface area contributed by atoms with E-state index in [1.807, 2.05) is 48.8 Å². The molecule has 3 aromatic carbocycles. The molecule has 0 radical (unpaired) electrons. The van der Waals surface area contributed by atoms with Gasteiger partial charge >= 0.3 is 0 Å². The molecule has 0 unspecified atom stereocenters. The van der Waals surface area contributed by atoms with Crippen molar-refractivity contribution in [2.75, 3.05) is 19.5 Å². The van der Waals surface area contributed by atoms with Crippen LogP contribution in [-0.2, 0) is 10.2 Å². The normalized spacial score (nSPS) is 14.5. The summed E-state index contributed by atoms with van der Waals surface area (Å²) in [6.45, 7) is 0. The first-order chi connectivity index (χ1) is 16.1. The molecule has 0 saturated carbocycles. The summed E-state index contributed by atoms with van der Waals surface area (Å²) in [6.07, 6.45) is 3.65. The molecule has 0 aliphatic carbocycles. The SMILES string of the molecule is COc1ccc2c(C3(c4c[nH]c5cc(OC)ccc45)C(=O)Nc4ccc(F)cc43)c[nH]c2c1. The number of halogens is 1. The van der Waals surface area contributed by atoms with Crippen molar-refractivity contribution in [1.82, 2.24) is 9.97 Å². The Kier molecular flexibility index (Phi) is 4.04. The molecule has 164 valence electrons. The second-order valence-corrected chi connectivity index (χ2v) is 8.12. The van der Waals surface area contributed by atoms with Crippen LogP contribution in [0.5, 0.6) is 11.5 Å². The lowest BCUT2D eigenvalue weighted by molar-refractivity contribution is -0.118. The molecule has 0 bridgehead atoms. The molecule has 0 spiro atoms. The Hall–Kier alpha value is -4.26. The van der Waals surface area contributed by atoms with Gasteiger partial charge in [-0.15, -0.1) is 0 Å². The van der Waals surface area contributed by atoms with Gasteiger partial charge in [0.2, 0.25) is 5.91 Å². The zero-order valence-electron chi connectivity index (χ0n) is 18.0. The fourth-order valence-corrected chi connectivity index (χ4v) is 5.04. The Morgan fingerprint density at radius 2 is 1.33 bits per heavy atom. The highest BCUT2D eigenvalue weighted by atomic mass is 19.1. The molecule has 1 amide bonds. The van der Waals surface area contributed by atoms with Gasteiger partial charge in [0.05, 0.1) is 14.2 Å². The number of methoxy groups -OCH3 is 2. The van der Waals surface area contributed by atoms with Crippen molar-refractivity contribution in [2.24, 2.45) is 0 Å². The first-order valence-corrected chi connectivity index (χ1v) is 10.5. The Morgan fingerprint density at radius 3 is 1.88 bits per heavy atom. The van der Waals surface area contributed by atoms with Crippen molar-refractivity contribution in [1.29, 1.82) is 0 Å². The number of aromatic nitrogens is 2. The average Bonchev–Trinajstić information content (AvgIpc) is 3.52. The topological polar surface area (TPSA) is 79.1 Å². The van der Waals surface area contributed by atoms with E-state index in [9.17, 15) is 9.18 Å². The van der Waals surface area contributed by atoms with Crippen LogP contribution in [0.3, 0.4) is 0 Å². The molecule has 5 aromatic rings. The summed E-state index contributed by atoms with van der Waals surface area (Å²) in [6, 6.07) is 15.7. The van der Waals surface area contributed by atoms with E-state index in [4.69, 9.17) is 9.47 Å². The Labute approximate surface area is 188 Å². The van der Waals surface area contributed by atoms with E-state index in [2.05, 4.69) is 15.3 Å². The summed E-state index contributed by atoms with van der Waals surface area (Å²) >= 11 is 0. The van der Waals surface area contributed by atoms with E-state index in [1.54, 1.807) is 20.3 Å². The van der Waals surface area contributed by atoms with Crippen LogP contribution in [-0.4, -0.2) is 30.1 Å². The highest BCUT2D eigenvalue weighted by molar-refractivity contribution is 6.15. The fraction of sp³-hybridized carbons (Fsp3) is 0.115. The fourth-order valence-electron chi connectivity index (χ4n) is 5.04. The predicted molar refractivity (Wildman–Crippen MR) is 125 cm³/mol. The predicted octanol–water partition coefficient (Wildman–Crippen LogP) is 5.09. The van der Waals surface area contributed by atoms with E-state index in [0.29, 0.717) is 22.7 Å². The van der Waals surface area contributed by atoms with Gasteiger partial charge in [0.1, 0.15) is 22.7 Å². The van der Waals surface area contributed by atoms with Gasteiger partial charge < -0.3 is 24.8 Å². The van der Waals surface area contributed by atoms with Crippen LogP contribution in [0, 0.1) is 5.82 Å². The number of rotatable bonds is 4. The quantitative estimate of drug-likeness (QED) is 0.363. The third kappa shape index (κ3) is 2.56. The molecule has 3 heterocycles. The minimum absolute atomic E-state index is 0.239. The number of carbonyl (C=O) groups is 1. The van der Waals surface area contributed by atoms with Crippen LogP contribution >= 0.6 is 0 Å². The van der Waals surface area contributed by atoms with Crippen LogP contribution in [0.2, 0.25) is 0 Å². The lowest BCUT2D eigenvalue weighted by atomic mass is 9.70. The molecule has 6 nitrogen and oxygen atoms in total. The number of benzene rings is 3. The van der Waals surface area contributed by atoms with Crippen LogP contribution in [0.25, 0.3) is 21.8 Å². The van der Waals surface area contributed by atoms with Gasteiger partial charge in [-0.3, -0.25) is 4.79 Å². The molecule has 0 saturated heterocycles. The number of hydrogen-bond donors (Lipinski definition) is 3. The lowest BCUT2D eigenvalue weighted by Crippen LogP contribution is -2.36. The number of fused-ring (bicyclic) bond motifs is 3. The Balaban J connectivity index is 1.73. The van der Waals surface area contributed by atoms with E-state index in [-0.39, 0.29) is 5.91 Å². The van der Waals surface area contributed by atoms with Gasteiger partial charge in [0.15, 0.2) is 0 Å². The van der Waals surface area contributed by atoms with E-state index < -0.39 is 11.2 Å². The number of nitrogens with one attached hydrogen (secondary N) is 3. The van der Waals surface area contributed by atoms with Gasteiger partial charge in [-0.1, -0.05) is 0 Å². The molecular weight excluding hydrogens is 421 g/mol. The maximum atomic E-state index is 14.6. The molecule has 0 atom stereocenters. The van der Waals surface area contributed by atoms with Gasteiger partial charge in [-0.2, -0.15) is 0 Å². The van der Waals surface area contributed by atoms with E-state index in [0.717, 1.165) is 32.9 Å². The Bertz CT molecular complexity index is 1480. The third-order valence-corrected chi connectivity index (χ3v) is 6.56. The number of amides is 1. The highest BCUT2D eigenvalue weighted by Crippen LogP contribution is 2.51. The Morgan fingerprint density at radius 1 is 0.758 bits per heavy atom. The number of hydrogen-bond acceptors (Lipinski definition) is 3. The summed E-state index contributed by atoms with van der Waals surface area (Å²) in [7, 11) is 3.21. The molecule has 1 aliphatic rings. The summed E-state index contributed by atoms with van der Waals surface area (Å²) in [4.78, 5) is 20.4. The van der Waals surface area contributed by atoms with E-state index in [1.165, 1.54) is 12.1 Å². The standard InChI is InChI=1S/C26H20FN3O3/c1-32-15-4-6-17-20(12-28-23(17)10-15)26(19-9-14(27)3-8-22(19)30-25(26)31)21-13-29-24-11-16(33-2)5-7-18(21)24/h3-13,28-29H,1-2H3,(H,30,31). The molecule has 2 aromatic heterocycles. The van der Waals surface area contributed by atoms with Gasteiger partial charge in [-0.25, -0.2) is 4.39 Å². The minimum atomic E-state index is -1.27. The van der Waals surface area contributed by atoms with Crippen LogP contribution in [0.4, 0.5) is 10.1 Å². The molecule has 3 N–H and O–H groups in total. The van der Waals surface area contributed by atoms with E-state index >= 15 is 0 Å². The smallest absolute Gasteiger partial charge is 0.244 e. The number of ether oxygens (including phenoxy) is 2. The maximum Gasteiger partial charge on any atom is 0.244 e. The number of anilines is 1. The van der Waals surface area contributed by atoms with Crippen LogP contribution < -0.4 is 14.8 Å². The highest BCUT2D eigenvalue weighted by Gasteiger charge is 2.52. The minimum Gasteiger partial charge on any atom is -0.497 e. The maximum absolute atomic E-state index is 14.6. The number of carbonyl (C=O) groups excluding carboxylic acids is 1. The number of H-pyrrole nitrogens is 2. The largest absolute Gasteiger partial charge is 0.497 e. The second kappa shape index (κ2) is 6.87. The molecule has 7 heteroatoms. The van der Waals surface area contributed by atoms with Crippen molar-refractivity contribution < 1.29 is 18.7 Å². The van der Waals surface area contributed by atoms with Crippen molar-refractivity contribution in [3.8, 4) is 11.5 Å².